The summed E-state index contributed by atoms with van der Waals surface area (Å²) in [6, 6.07) is 3.78. The predicted octanol–water partition coefficient (Wildman–Crippen LogP) is 3.12. The van der Waals surface area contributed by atoms with Gasteiger partial charge in [-0.05, 0) is 43.9 Å². The summed E-state index contributed by atoms with van der Waals surface area (Å²) in [4.78, 5) is 31.6. The normalized spacial score (nSPS) is 25.6. The zero-order valence-electron chi connectivity index (χ0n) is 17.1. The first kappa shape index (κ1) is 20.8. The SMILES string of the molecule is Cc1noc([C@]23C[C@H](NC(=O)c4ccc(F)c(Cl)c4)C[C@H]2CN(C(=O)C(C)C)C3)n1. The van der Waals surface area contributed by atoms with E-state index in [0.29, 0.717) is 43.2 Å². The molecule has 1 saturated carbocycles. The van der Waals surface area contributed by atoms with Crippen LogP contribution in [0.2, 0.25) is 5.02 Å². The van der Waals surface area contributed by atoms with Crippen molar-refractivity contribution >= 4 is 23.4 Å². The largest absolute Gasteiger partial charge is 0.349 e. The molecule has 1 aliphatic heterocycles. The summed E-state index contributed by atoms with van der Waals surface area (Å²) in [5, 5.41) is 6.88. The van der Waals surface area contributed by atoms with Crippen molar-refractivity contribution in [1.29, 1.82) is 0 Å². The van der Waals surface area contributed by atoms with E-state index in [4.69, 9.17) is 16.1 Å². The molecule has 3 atom stereocenters. The number of fused-ring (bicyclic) bond motifs is 1. The molecule has 1 saturated heterocycles. The van der Waals surface area contributed by atoms with Crippen LogP contribution in [0.4, 0.5) is 4.39 Å². The summed E-state index contributed by atoms with van der Waals surface area (Å²) in [6.07, 6.45) is 1.27. The smallest absolute Gasteiger partial charge is 0.251 e. The van der Waals surface area contributed by atoms with E-state index in [1.54, 1.807) is 6.92 Å². The molecule has 30 heavy (non-hydrogen) atoms. The number of halogens is 2. The van der Waals surface area contributed by atoms with Crippen LogP contribution in [0.25, 0.3) is 0 Å². The van der Waals surface area contributed by atoms with Crippen LogP contribution >= 0.6 is 11.6 Å². The van der Waals surface area contributed by atoms with E-state index in [1.807, 2.05) is 18.7 Å². The Morgan fingerprint density at radius 1 is 1.40 bits per heavy atom. The van der Waals surface area contributed by atoms with Gasteiger partial charge in [-0.25, -0.2) is 4.39 Å². The van der Waals surface area contributed by atoms with Gasteiger partial charge in [0.25, 0.3) is 5.91 Å². The molecule has 2 amide bonds. The van der Waals surface area contributed by atoms with Crippen LogP contribution in [0.3, 0.4) is 0 Å². The summed E-state index contributed by atoms with van der Waals surface area (Å²) in [7, 11) is 0. The average Bonchev–Trinajstić information content (AvgIpc) is 3.35. The van der Waals surface area contributed by atoms with Gasteiger partial charge in [-0.2, -0.15) is 4.98 Å². The molecular weight excluding hydrogens is 411 g/mol. The lowest BCUT2D eigenvalue weighted by atomic mass is 9.80. The fourth-order valence-corrected chi connectivity index (χ4v) is 4.93. The maximum atomic E-state index is 13.4. The highest BCUT2D eigenvalue weighted by molar-refractivity contribution is 6.31. The molecule has 2 aliphatic rings. The number of hydrogen-bond donors (Lipinski definition) is 1. The lowest BCUT2D eigenvalue weighted by molar-refractivity contribution is -0.133. The third kappa shape index (κ3) is 3.57. The molecule has 2 heterocycles. The second kappa shape index (κ2) is 7.65. The van der Waals surface area contributed by atoms with Gasteiger partial charge in [-0.3, -0.25) is 9.59 Å². The Hall–Kier alpha value is -2.48. The van der Waals surface area contributed by atoms with Gasteiger partial charge in [0.05, 0.1) is 10.4 Å². The molecule has 7 nitrogen and oxygen atoms in total. The van der Waals surface area contributed by atoms with Crippen molar-refractivity contribution in [2.45, 2.75) is 45.1 Å². The van der Waals surface area contributed by atoms with Crippen molar-refractivity contribution in [2.75, 3.05) is 13.1 Å². The quantitative estimate of drug-likeness (QED) is 0.798. The third-order valence-corrected chi connectivity index (χ3v) is 6.44. The van der Waals surface area contributed by atoms with Crippen molar-refractivity contribution in [2.24, 2.45) is 11.8 Å². The van der Waals surface area contributed by atoms with E-state index in [2.05, 4.69) is 15.5 Å². The minimum atomic E-state index is -0.566. The van der Waals surface area contributed by atoms with E-state index in [9.17, 15) is 14.0 Å². The van der Waals surface area contributed by atoms with Crippen LogP contribution in [0.15, 0.2) is 22.7 Å². The molecular formula is C21H24ClFN4O3. The van der Waals surface area contributed by atoms with Gasteiger partial charge < -0.3 is 14.7 Å². The number of aryl methyl sites for hydroxylation is 1. The molecule has 9 heteroatoms. The van der Waals surface area contributed by atoms with Gasteiger partial charge in [0.1, 0.15) is 5.82 Å². The second-order valence-corrected chi connectivity index (χ2v) is 9.02. The lowest BCUT2D eigenvalue weighted by Crippen LogP contribution is -2.40. The minimum Gasteiger partial charge on any atom is -0.349 e. The second-order valence-electron chi connectivity index (χ2n) is 8.61. The van der Waals surface area contributed by atoms with Crippen molar-refractivity contribution in [3.63, 3.8) is 0 Å². The highest BCUT2D eigenvalue weighted by atomic mass is 35.5. The highest BCUT2D eigenvalue weighted by Gasteiger charge is 2.58. The van der Waals surface area contributed by atoms with E-state index in [0.717, 1.165) is 0 Å². The van der Waals surface area contributed by atoms with E-state index >= 15 is 0 Å². The summed E-state index contributed by atoms with van der Waals surface area (Å²) < 4.78 is 18.9. The van der Waals surface area contributed by atoms with Crippen LogP contribution in [0, 0.1) is 24.6 Å². The average molecular weight is 435 g/mol. The zero-order chi connectivity index (χ0) is 21.6. The maximum Gasteiger partial charge on any atom is 0.251 e. The molecule has 0 unspecified atom stereocenters. The number of nitrogens with zero attached hydrogens (tertiary/aromatic N) is 3. The number of nitrogens with one attached hydrogen (secondary N) is 1. The number of rotatable bonds is 4. The van der Waals surface area contributed by atoms with E-state index in [1.165, 1.54) is 18.2 Å². The fourth-order valence-electron chi connectivity index (χ4n) is 4.75. The minimum absolute atomic E-state index is 0.0911. The number of likely N-dealkylation sites (tertiary alicyclic amines) is 1. The van der Waals surface area contributed by atoms with Gasteiger partial charge in [0.15, 0.2) is 5.82 Å². The number of hydrogen-bond acceptors (Lipinski definition) is 5. The van der Waals surface area contributed by atoms with Crippen LogP contribution in [0.5, 0.6) is 0 Å². The topological polar surface area (TPSA) is 88.3 Å². The number of carbonyl (C=O) groups excluding carboxylic acids is 2. The highest BCUT2D eigenvalue weighted by Crippen LogP contribution is 2.50. The molecule has 160 valence electrons. The molecule has 1 aliphatic carbocycles. The standard InChI is InChI=1S/C21H24ClFN4O3/c1-11(2)19(29)27-9-14-7-15(8-21(14,10-27)20-24-12(3)26-30-20)25-18(28)13-4-5-17(23)16(22)6-13/h4-6,11,14-15H,7-10H2,1-3H3,(H,25,28)/t14-,15+,21-/m0/s1. The van der Waals surface area contributed by atoms with Crippen molar-refractivity contribution in [3.8, 4) is 0 Å². The van der Waals surface area contributed by atoms with Crippen molar-refractivity contribution in [3.05, 3.63) is 46.3 Å². The first-order valence-corrected chi connectivity index (χ1v) is 10.4. The van der Waals surface area contributed by atoms with Gasteiger partial charge >= 0.3 is 0 Å². The summed E-state index contributed by atoms with van der Waals surface area (Å²) >= 11 is 5.81. The van der Waals surface area contributed by atoms with Gasteiger partial charge in [-0.1, -0.05) is 30.6 Å². The zero-order valence-corrected chi connectivity index (χ0v) is 17.9. The maximum absolute atomic E-state index is 13.4. The fraction of sp³-hybridized carbons (Fsp3) is 0.524. The molecule has 1 aromatic carbocycles. The molecule has 0 spiro atoms. The Kier molecular flexibility index (Phi) is 5.30. The lowest BCUT2D eigenvalue weighted by Gasteiger charge is -2.26. The van der Waals surface area contributed by atoms with Crippen LogP contribution in [-0.2, 0) is 10.2 Å². The molecule has 2 aromatic rings. The van der Waals surface area contributed by atoms with Crippen LogP contribution in [0.1, 0.15) is 48.8 Å². The number of amides is 2. The number of benzene rings is 1. The Bertz CT molecular complexity index is 994. The Morgan fingerprint density at radius 3 is 2.80 bits per heavy atom. The Balaban J connectivity index is 1.55. The molecule has 0 bridgehead atoms. The first-order valence-electron chi connectivity index (χ1n) is 10.0. The van der Waals surface area contributed by atoms with Crippen LogP contribution < -0.4 is 5.32 Å². The van der Waals surface area contributed by atoms with Crippen molar-refractivity contribution in [1.82, 2.24) is 20.4 Å². The van der Waals surface area contributed by atoms with Gasteiger partial charge in [0, 0.05) is 30.6 Å². The molecule has 1 N–H and O–H groups in total. The molecule has 4 rings (SSSR count). The monoisotopic (exact) mass is 434 g/mol. The summed E-state index contributed by atoms with van der Waals surface area (Å²) in [5.74, 6) is 0.289. The van der Waals surface area contributed by atoms with Crippen LogP contribution in [-0.4, -0.2) is 46.0 Å². The van der Waals surface area contributed by atoms with E-state index < -0.39 is 11.2 Å². The first-order chi connectivity index (χ1) is 14.2. The molecule has 1 aromatic heterocycles. The number of aromatic nitrogens is 2. The summed E-state index contributed by atoms with van der Waals surface area (Å²) in [5.41, 5.74) is -0.178. The summed E-state index contributed by atoms with van der Waals surface area (Å²) in [6.45, 7) is 6.61. The molecule has 2 fully saturated rings. The predicted molar refractivity (Wildman–Crippen MR) is 108 cm³/mol. The Labute approximate surface area is 179 Å². The third-order valence-electron chi connectivity index (χ3n) is 6.15. The molecule has 0 radical (unpaired) electrons. The van der Waals surface area contributed by atoms with E-state index in [-0.39, 0.29) is 34.7 Å². The van der Waals surface area contributed by atoms with Gasteiger partial charge in [0.2, 0.25) is 11.8 Å². The number of carbonyl (C=O) groups is 2. The Morgan fingerprint density at radius 2 is 2.17 bits per heavy atom. The van der Waals surface area contributed by atoms with Crippen molar-refractivity contribution < 1.29 is 18.5 Å². The van der Waals surface area contributed by atoms with Gasteiger partial charge in [-0.15, -0.1) is 0 Å².